The summed E-state index contributed by atoms with van der Waals surface area (Å²) in [6.07, 6.45) is -1.27. The van der Waals surface area contributed by atoms with Crippen molar-refractivity contribution in [3.05, 3.63) is 101 Å². The summed E-state index contributed by atoms with van der Waals surface area (Å²) in [6, 6.07) is 14.9. The first-order valence-electron chi connectivity index (χ1n) is 12.9. The molecule has 40 heavy (non-hydrogen) atoms. The smallest absolute Gasteiger partial charge is 0.322 e. The predicted octanol–water partition coefficient (Wildman–Crippen LogP) is 3.22. The van der Waals surface area contributed by atoms with Crippen molar-refractivity contribution in [3.63, 3.8) is 0 Å². The molecule has 3 aromatic rings. The second-order valence-corrected chi connectivity index (χ2v) is 10.1. The molecule has 6 rings (SSSR count). The Morgan fingerprint density at radius 3 is 1.98 bits per heavy atom. The van der Waals surface area contributed by atoms with E-state index in [9.17, 15) is 27.6 Å². The summed E-state index contributed by atoms with van der Waals surface area (Å²) in [6.45, 7) is 1.59. The highest BCUT2D eigenvalue weighted by molar-refractivity contribution is 6.08. The number of halogens is 3. The standard InChI is InChI=1S/C29H25F3N4O4/c30-19-5-1-17(2-6-19)25(18-3-7-20(31)8-4-18)35-11-13-36(14-12-35)26(37)24-16-29(27(38)33-28(39)34-29)22-15-21(32)9-10-23(22)40-24/h1-10,15,24-25H,11-14,16H2,(H2,33,34,38,39). The summed E-state index contributed by atoms with van der Waals surface area (Å²) >= 11 is 0. The number of urea groups is 1. The molecule has 8 nitrogen and oxygen atoms in total. The van der Waals surface area contributed by atoms with E-state index in [2.05, 4.69) is 15.5 Å². The average molecular weight is 551 g/mol. The summed E-state index contributed by atoms with van der Waals surface area (Å²) in [4.78, 5) is 42.3. The number of hydrogen-bond donors (Lipinski definition) is 2. The van der Waals surface area contributed by atoms with E-state index >= 15 is 0 Å². The van der Waals surface area contributed by atoms with Crippen molar-refractivity contribution in [1.82, 2.24) is 20.4 Å². The maximum absolute atomic E-state index is 14.1. The van der Waals surface area contributed by atoms with Crippen molar-refractivity contribution in [2.24, 2.45) is 0 Å². The minimum Gasteiger partial charge on any atom is -0.480 e. The van der Waals surface area contributed by atoms with Crippen molar-refractivity contribution >= 4 is 17.8 Å². The third-order valence-corrected chi connectivity index (χ3v) is 7.74. The zero-order chi connectivity index (χ0) is 28.0. The monoisotopic (exact) mass is 550 g/mol. The molecule has 206 valence electrons. The molecule has 3 heterocycles. The van der Waals surface area contributed by atoms with Crippen molar-refractivity contribution in [2.45, 2.75) is 24.1 Å². The van der Waals surface area contributed by atoms with E-state index in [1.165, 1.54) is 30.3 Å². The van der Waals surface area contributed by atoms with Gasteiger partial charge in [0, 0.05) is 38.2 Å². The zero-order valence-electron chi connectivity index (χ0n) is 21.2. The van der Waals surface area contributed by atoms with E-state index in [0.29, 0.717) is 26.2 Å². The molecule has 0 radical (unpaired) electrons. The van der Waals surface area contributed by atoms with Gasteiger partial charge in [0.2, 0.25) is 0 Å². The Bertz CT molecular complexity index is 1430. The lowest BCUT2D eigenvalue weighted by Crippen LogP contribution is -2.57. The molecule has 0 aromatic heterocycles. The van der Waals surface area contributed by atoms with Crippen LogP contribution in [-0.4, -0.2) is 59.9 Å². The minimum absolute atomic E-state index is 0.148. The first kappa shape index (κ1) is 25.9. The van der Waals surface area contributed by atoms with Gasteiger partial charge in [-0.05, 0) is 53.6 Å². The second-order valence-electron chi connectivity index (χ2n) is 10.1. The molecular formula is C29H25F3N4O4. The molecular weight excluding hydrogens is 525 g/mol. The predicted molar refractivity (Wildman–Crippen MR) is 137 cm³/mol. The van der Waals surface area contributed by atoms with Gasteiger partial charge in [0.05, 0.1) is 6.04 Å². The minimum atomic E-state index is -1.62. The molecule has 3 aromatic carbocycles. The molecule has 3 aliphatic heterocycles. The van der Waals surface area contributed by atoms with Gasteiger partial charge in [0.25, 0.3) is 11.8 Å². The average Bonchev–Trinajstić information content (AvgIpc) is 3.23. The Hall–Kier alpha value is -4.38. The van der Waals surface area contributed by atoms with Crippen LogP contribution in [0.15, 0.2) is 66.7 Å². The summed E-state index contributed by atoms with van der Waals surface area (Å²) in [5, 5.41) is 4.77. The second kappa shape index (κ2) is 9.98. The fraction of sp³-hybridized carbons (Fsp3) is 0.276. The van der Waals surface area contributed by atoms with E-state index in [-0.39, 0.29) is 41.3 Å². The van der Waals surface area contributed by atoms with Gasteiger partial charge in [-0.2, -0.15) is 0 Å². The highest BCUT2D eigenvalue weighted by atomic mass is 19.1. The van der Waals surface area contributed by atoms with E-state index < -0.39 is 29.4 Å². The third kappa shape index (κ3) is 4.56. The Morgan fingerprint density at radius 2 is 1.43 bits per heavy atom. The molecule has 1 spiro atoms. The molecule has 2 fully saturated rings. The Kier molecular flexibility index (Phi) is 6.46. The largest absolute Gasteiger partial charge is 0.480 e. The number of carbonyl (C=O) groups excluding carboxylic acids is 3. The molecule has 0 bridgehead atoms. The van der Waals surface area contributed by atoms with Crippen LogP contribution in [0.3, 0.4) is 0 Å². The van der Waals surface area contributed by atoms with E-state index in [1.807, 2.05) is 0 Å². The Morgan fingerprint density at radius 1 is 0.850 bits per heavy atom. The number of benzene rings is 3. The van der Waals surface area contributed by atoms with Crippen molar-refractivity contribution in [3.8, 4) is 5.75 Å². The van der Waals surface area contributed by atoms with Crippen molar-refractivity contribution in [2.75, 3.05) is 26.2 Å². The molecule has 0 saturated carbocycles. The van der Waals surface area contributed by atoms with Crippen LogP contribution in [0.4, 0.5) is 18.0 Å². The summed E-state index contributed by atoms with van der Waals surface area (Å²) in [5.41, 5.74) is 0.200. The zero-order valence-corrected chi connectivity index (χ0v) is 21.2. The fourth-order valence-corrected chi connectivity index (χ4v) is 5.79. The van der Waals surface area contributed by atoms with Crippen LogP contribution in [0, 0.1) is 17.5 Å². The van der Waals surface area contributed by atoms with E-state index in [1.54, 1.807) is 29.2 Å². The number of ether oxygens (including phenoxy) is 1. The van der Waals surface area contributed by atoms with Crippen LogP contribution in [0.5, 0.6) is 5.75 Å². The molecule has 2 atom stereocenters. The highest BCUT2D eigenvalue weighted by Gasteiger charge is 2.55. The Balaban J connectivity index is 1.22. The SMILES string of the molecule is O=C1NC(=O)C2(CC(C(=O)N3CCN(C(c4ccc(F)cc4)c4ccc(F)cc4)CC3)Oc3ccc(F)cc32)N1. The number of carbonyl (C=O) groups is 3. The number of piperazine rings is 1. The first-order chi connectivity index (χ1) is 19.2. The number of amides is 4. The van der Waals surface area contributed by atoms with Crippen LogP contribution in [0.1, 0.15) is 29.2 Å². The van der Waals surface area contributed by atoms with Crippen LogP contribution in [0.2, 0.25) is 0 Å². The van der Waals surface area contributed by atoms with Gasteiger partial charge in [-0.3, -0.25) is 19.8 Å². The molecule has 4 amide bonds. The molecule has 0 aliphatic carbocycles. The lowest BCUT2D eigenvalue weighted by Gasteiger charge is -2.42. The van der Waals surface area contributed by atoms with E-state index in [4.69, 9.17) is 4.74 Å². The van der Waals surface area contributed by atoms with Gasteiger partial charge in [-0.1, -0.05) is 24.3 Å². The van der Waals surface area contributed by atoms with Crippen LogP contribution in [-0.2, 0) is 15.1 Å². The van der Waals surface area contributed by atoms with E-state index in [0.717, 1.165) is 23.3 Å². The number of fused-ring (bicyclic) bond motifs is 2. The summed E-state index contributed by atoms with van der Waals surface area (Å²) < 4.78 is 47.3. The molecule has 11 heteroatoms. The number of rotatable bonds is 4. The van der Waals surface area contributed by atoms with Gasteiger partial charge in [0.1, 0.15) is 23.2 Å². The maximum atomic E-state index is 14.1. The van der Waals surface area contributed by atoms with Gasteiger partial charge in [0.15, 0.2) is 11.6 Å². The number of nitrogens with zero attached hydrogens (tertiary/aromatic N) is 2. The number of hydrogen-bond acceptors (Lipinski definition) is 5. The molecule has 2 N–H and O–H groups in total. The number of nitrogens with one attached hydrogen (secondary N) is 2. The lowest BCUT2D eigenvalue weighted by atomic mass is 9.81. The van der Waals surface area contributed by atoms with Gasteiger partial charge in [-0.15, -0.1) is 0 Å². The van der Waals surface area contributed by atoms with Crippen LogP contribution >= 0.6 is 0 Å². The van der Waals surface area contributed by atoms with Crippen LogP contribution in [0.25, 0.3) is 0 Å². The van der Waals surface area contributed by atoms with Crippen LogP contribution < -0.4 is 15.4 Å². The normalized spacial score (nSPS) is 22.6. The number of imide groups is 1. The quantitative estimate of drug-likeness (QED) is 0.487. The molecule has 2 saturated heterocycles. The van der Waals surface area contributed by atoms with Crippen molar-refractivity contribution < 1.29 is 32.3 Å². The Labute approximate surface area is 227 Å². The first-order valence-corrected chi connectivity index (χ1v) is 12.9. The van der Waals surface area contributed by atoms with Crippen molar-refractivity contribution in [1.29, 1.82) is 0 Å². The molecule has 2 unspecified atom stereocenters. The van der Waals surface area contributed by atoms with Gasteiger partial charge >= 0.3 is 6.03 Å². The highest BCUT2D eigenvalue weighted by Crippen LogP contribution is 2.42. The van der Waals surface area contributed by atoms with Gasteiger partial charge < -0.3 is 15.0 Å². The fourth-order valence-electron chi connectivity index (χ4n) is 5.79. The lowest BCUT2D eigenvalue weighted by molar-refractivity contribution is -0.143. The topological polar surface area (TPSA) is 91.0 Å². The maximum Gasteiger partial charge on any atom is 0.322 e. The third-order valence-electron chi connectivity index (χ3n) is 7.74. The van der Waals surface area contributed by atoms with Gasteiger partial charge in [-0.25, -0.2) is 18.0 Å². The summed E-state index contributed by atoms with van der Waals surface area (Å²) in [5.74, 6) is -2.21. The summed E-state index contributed by atoms with van der Waals surface area (Å²) in [7, 11) is 0. The molecule has 3 aliphatic rings.